The summed E-state index contributed by atoms with van der Waals surface area (Å²) < 4.78 is 22.3. The van der Waals surface area contributed by atoms with Gasteiger partial charge in [0.1, 0.15) is 5.75 Å². The minimum absolute atomic E-state index is 0.168. The van der Waals surface area contributed by atoms with Gasteiger partial charge in [-0.05, 0) is 74.8 Å². The van der Waals surface area contributed by atoms with Crippen LogP contribution in [0.25, 0.3) is 6.08 Å². The van der Waals surface area contributed by atoms with Crippen LogP contribution in [0.1, 0.15) is 90.3 Å². The minimum atomic E-state index is -1.14. The third kappa shape index (κ3) is 7.40. The van der Waals surface area contributed by atoms with Gasteiger partial charge in [-0.25, -0.2) is 0 Å². The third-order valence-corrected chi connectivity index (χ3v) is 6.67. The molecule has 0 aliphatic carbocycles. The molecule has 208 valence electrons. The van der Waals surface area contributed by atoms with E-state index in [1.807, 2.05) is 48.6 Å². The summed E-state index contributed by atoms with van der Waals surface area (Å²) in [5, 5.41) is 0. The number of hydrogen-bond donors (Lipinski definition) is 0. The van der Waals surface area contributed by atoms with Crippen LogP contribution in [0, 0.1) is 10.8 Å². The second kappa shape index (κ2) is 13.0. The number of para-hydroxylation sites is 1. The van der Waals surface area contributed by atoms with Crippen molar-refractivity contribution in [2.24, 2.45) is 10.8 Å². The zero-order valence-electron chi connectivity index (χ0n) is 24.6. The van der Waals surface area contributed by atoms with Crippen molar-refractivity contribution in [3.8, 4) is 17.2 Å². The number of rotatable bonds is 12. The lowest BCUT2D eigenvalue weighted by Gasteiger charge is -2.33. The Balaban J connectivity index is 2.58. The quantitative estimate of drug-likeness (QED) is 0.211. The van der Waals surface area contributed by atoms with Crippen LogP contribution in [0.2, 0.25) is 0 Å². The molecule has 2 aromatic rings. The van der Waals surface area contributed by atoms with E-state index >= 15 is 0 Å². The first-order chi connectivity index (χ1) is 17.8. The molecule has 0 saturated carbocycles. The molecule has 0 aliphatic heterocycles. The van der Waals surface area contributed by atoms with Crippen LogP contribution >= 0.6 is 0 Å². The van der Waals surface area contributed by atoms with Crippen LogP contribution in [0.15, 0.2) is 42.5 Å². The van der Waals surface area contributed by atoms with E-state index in [2.05, 4.69) is 27.7 Å². The van der Waals surface area contributed by atoms with Gasteiger partial charge in [0.25, 0.3) is 0 Å². The third-order valence-electron chi connectivity index (χ3n) is 6.67. The summed E-state index contributed by atoms with van der Waals surface area (Å²) in [7, 11) is 3.16. The normalized spacial score (nSPS) is 13.5. The molecule has 2 aromatic carbocycles. The molecule has 0 aliphatic rings. The average molecular weight is 525 g/mol. The first-order valence-electron chi connectivity index (χ1n) is 13.2. The van der Waals surface area contributed by atoms with Crippen LogP contribution in [0.3, 0.4) is 0 Å². The second-order valence-corrected chi connectivity index (χ2v) is 11.1. The Morgan fingerprint density at radius 3 is 1.95 bits per heavy atom. The molecule has 0 fully saturated rings. The fraction of sp³-hybridized carbons (Fsp3) is 0.500. The number of benzene rings is 2. The van der Waals surface area contributed by atoms with Gasteiger partial charge in [-0.15, -0.1) is 0 Å². The molecule has 2 rings (SSSR count). The number of ether oxygens (including phenoxy) is 4. The van der Waals surface area contributed by atoms with E-state index in [1.165, 1.54) is 0 Å². The first kappa shape index (κ1) is 30.9. The highest BCUT2D eigenvalue weighted by atomic mass is 16.5. The molecular weight excluding hydrogens is 480 g/mol. The van der Waals surface area contributed by atoms with Gasteiger partial charge in [-0.3, -0.25) is 9.59 Å². The number of methoxy groups -OCH3 is 2. The highest BCUT2D eigenvalue weighted by molar-refractivity contribution is 5.85. The second-order valence-electron chi connectivity index (χ2n) is 11.1. The summed E-state index contributed by atoms with van der Waals surface area (Å²) in [6, 6.07) is 11.5. The van der Waals surface area contributed by atoms with E-state index in [4.69, 9.17) is 18.9 Å². The molecule has 0 amide bonds. The highest BCUT2D eigenvalue weighted by Crippen LogP contribution is 2.41. The monoisotopic (exact) mass is 524 g/mol. The summed E-state index contributed by atoms with van der Waals surface area (Å²) in [5.74, 6) is 1.34. The molecule has 0 saturated heterocycles. The van der Waals surface area contributed by atoms with Crippen molar-refractivity contribution >= 4 is 18.0 Å². The van der Waals surface area contributed by atoms with Gasteiger partial charge >= 0.3 is 11.9 Å². The van der Waals surface area contributed by atoms with Crippen molar-refractivity contribution < 1.29 is 28.5 Å². The van der Waals surface area contributed by atoms with E-state index < -0.39 is 16.8 Å². The standard InChI is InChI=1S/C32H44O6/c1-11-37-29(33)31(6,7)20-32(8,18-17-23-15-16-26(35-9)27(19-23)36-10)30(34)38-28-24(21(2)3)13-12-14-25(28)22(4)5/h12-19,21-22H,11,20H2,1-10H3/b18-17+. The van der Waals surface area contributed by atoms with Gasteiger partial charge in [0.15, 0.2) is 11.5 Å². The molecule has 38 heavy (non-hydrogen) atoms. The van der Waals surface area contributed by atoms with Crippen molar-refractivity contribution in [1.29, 1.82) is 0 Å². The Bertz CT molecular complexity index is 1120. The van der Waals surface area contributed by atoms with Crippen molar-refractivity contribution in [3.05, 3.63) is 59.2 Å². The Hall–Kier alpha value is -3.28. The fourth-order valence-corrected chi connectivity index (χ4v) is 4.56. The number of carbonyl (C=O) groups is 2. The van der Waals surface area contributed by atoms with Crippen molar-refractivity contribution in [1.82, 2.24) is 0 Å². The zero-order chi connectivity index (χ0) is 28.7. The van der Waals surface area contributed by atoms with Crippen LogP contribution in [-0.4, -0.2) is 32.8 Å². The smallest absolute Gasteiger partial charge is 0.321 e. The first-order valence-corrected chi connectivity index (χ1v) is 13.2. The van der Waals surface area contributed by atoms with E-state index in [0.29, 0.717) is 17.2 Å². The van der Waals surface area contributed by atoms with E-state index in [9.17, 15) is 9.59 Å². The molecule has 0 radical (unpaired) electrons. The van der Waals surface area contributed by atoms with E-state index in [1.54, 1.807) is 41.9 Å². The van der Waals surface area contributed by atoms with Gasteiger partial charge in [-0.1, -0.05) is 64.1 Å². The molecule has 0 heterocycles. The predicted octanol–water partition coefficient (Wildman–Crippen LogP) is 7.56. The Morgan fingerprint density at radius 2 is 1.45 bits per heavy atom. The van der Waals surface area contributed by atoms with Crippen LogP contribution in [-0.2, 0) is 14.3 Å². The van der Waals surface area contributed by atoms with Gasteiger partial charge in [0.05, 0.1) is 31.7 Å². The molecule has 1 unspecified atom stereocenters. The lowest BCUT2D eigenvalue weighted by molar-refractivity contribution is -0.157. The Labute approximate surface area is 228 Å². The summed E-state index contributed by atoms with van der Waals surface area (Å²) in [6.07, 6.45) is 3.86. The molecule has 1 atom stereocenters. The molecule has 0 N–H and O–H groups in total. The van der Waals surface area contributed by atoms with Gasteiger partial charge in [-0.2, -0.15) is 0 Å². The number of esters is 2. The van der Waals surface area contributed by atoms with Crippen molar-refractivity contribution in [2.45, 2.75) is 73.6 Å². The number of hydrogen-bond acceptors (Lipinski definition) is 6. The largest absolute Gasteiger partial charge is 0.493 e. The summed E-state index contributed by atoms with van der Waals surface area (Å²) in [4.78, 5) is 26.8. The van der Waals surface area contributed by atoms with Crippen molar-refractivity contribution in [2.75, 3.05) is 20.8 Å². The molecule has 0 spiro atoms. The van der Waals surface area contributed by atoms with Crippen LogP contribution in [0.5, 0.6) is 17.2 Å². The maximum absolute atomic E-state index is 14.0. The minimum Gasteiger partial charge on any atom is -0.493 e. The fourth-order valence-electron chi connectivity index (χ4n) is 4.56. The molecule has 6 heteroatoms. The van der Waals surface area contributed by atoms with Gasteiger partial charge < -0.3 is 18.9 Å². The molecule has 6 nitrogen and oxygen atoms in total. The summed E-state index contributed by atoms with van der Waals surface area (Å²) >= 11 is 0. The molecule has 0 aromatic heterocycles. The Morgan fingerprint density at radius 1 is 0.868 bits per heavy atom. The summed E-state index contributed by atoms with van der Waals surface area (Å²) in [5.41, 5.74) is 0.702. The summed E-state index contributed by atoms with van der Waals surface area (Å²) in [6.45, 7) is 15.8. The lowest BCUT2D eigenvalue weighted by atomic mass is 9.73. The van der Waals surface area contributed by atoms with E-state index in [-0.39, 0.29) is 30.8 Å². The molecular formula is C32H44O6. The van der Waals surface area contributed by atoms with Crippen LogP contribution < -0.4 is 14.2 Å². The van der Waals surface area contributed by atoms with Gasteiger partial charge in [0, 0.05) is 0 Å². The lowest BCUT2D eigenvalue weighted by Crippen LogP contribution is -2.39. The van der Waals surface area contributed by atoms with Crippen molar-refractivity contribution in [3.63, 3.8) is 0 Å². The van der Waals surface area contributed by atoms with Crippen LogP contribution in [0.4, 0.5) is 0 Å². The average Bonchev–Trinajstić information content (AvgIpc) is 2.86. The van der Waals surface area contributed by atoms with Gasteiger partial charge in [0.2, 0.25) is 0 Å². The predicted molar refractivity (Wildman–Crippen MR) is 152 cm³/mol. The van der Waals surface area contributed by atoms with E-state index in [0.717, 1.165) is 16.7 Å². The maximum Gasteiger partial charge on any atom is 0.321 e. The number of carbonyl (C=O) groups excluding carboxylic acids is 2. The topological polar surface area (TPSA) is 71.1 Å². The zero-order valence-corrected chi connectivity index (χ0v) is 24.6. The molecule has 0 bridgehead atoms. The SMILES string of the molecule is CCOC(=O)C(C)(C)CC(C)(/C=C/c1ccc(OC)c(OC)c1)C(=O)Oc1c(C(C)C)cccc1C(C)C. The highest BCUT2D eigenvalue weighted by Gasteiger charge is 2.43. The maximum atomic E-state index is 14.0. The Kier molecular flexibility index (Phi) is 10.6.